The number of hydrogen-bond donors (Lipinski definition) is 0. The highest BCUT2D eigenvalue weighted by atomic mass is 16.5. The number of aromatic nitrogens is 3. The van der Waals surface area contributed by atoms with Crippen LogP contribution < -0.4 is 4.90 Å². The number of oxazole rings is 1. The molecule has 7 nitrogen and oxygen atoms in total. The van der Waals surface area contributed by atoms with Crippen molar-refractivity contribution in [3.05, 3.63) is 60.7 Å². The second-order valence-corrected chi connectivity index (χ2v) is 7.79. The molecule has 1 saturated heterocycles. The van der Waals surface area contributed by atoms with Crippen LogP contribution in [0.4, 0.5) is 5.82 Å². The Bertz CT molecular complexity index is 1220. The average Bonchev–Trinajstić information content (AvgIpc) is 3.29. The van der Waals surface area contributed by atoms with Crippen LogP contribution in [0.1, 0.15) is 19.8 Å². The predicted molar refractivity (Wildman–Crippen MR) is 122 cm³/mol. The Morgan fingerprint density at radius 3 is 2.28 bits per heavy atom. The lowest BCUT2D eigenvalue weighted by Crippen LogP contribution is -2.37. The number of hydrogen-bond acceptors (Lipinski definition) is 7. The minimum Gasteiger partial charge on any atom is -0.466 e. The molecule has 0 radical (unpaired) electrons. The van der Waals surface area contributed by atoms with Gasteiger partial charge in [-0.25, -0.2) is 9.97 Å². The number of esters is 1. The summed E-state index contributed by atoms with van der Waals surface area (Å²) in [5.41, 5.74) is 2.90. The van der Waals surface area contributed by atoms with E-state index in [1.807, 2.05) is 67.6 Å². The van der Waals surface area contributed by atoms with Crippen molar-refractivity contribution in [1.82, 2.24) is 15.0 Å². The third kappa shape index (κ3) is 3.93. The fourth-order valence-corrected chi connectivity index (χ4v) is 4.03. The number of ether oxygens (including phenoxy) is 1. The SMILES string of the molecule is CCOC(=O)C1CCN(c2nc(-c3ccccc3)nc3nc(-c4ccccc4)oc23)CC1. The monoisotopic (exact) mass is 428 g/mol. The quantitative estimate of drug-likeness (QED) is 0.425. The molecule has 0 spiro atoms. The molecule has 1 fully saturated rings. The van der Waals surface area contributed by atoms with Crippen LogP contribution >= 0.6 is 0 Å². The molecule has 0 bridgehead atoms. The molecular weight excluding hydrogens is 404 g/mol. The number of anilines is 1. The maximum Gasteiger partial charge on any atom is 0.309 e. The minimum absolute atomic E-state index is 0.0771. The zero-order valence-electron chi connectivity index (χ0n) is 17.9. The van der Waals surface area contributed by atoms with Gasteiger partial charge in [-0.15, -0.1) is 0 Å². The Balaban J connectivity index is 1.54. The molecule has 3 heterocycles. The molecule has 1 aliphatic rings. The van der Waals surface area contributed by atoms with Crippen molar-refractivity contribution in [1.29, 1.82) is 0 Å². The normalized spacial score (nSPS) is 14.6. The number of rotatable bonds is 5. The van der Waals surface area contributed by atoms with Crippen molar-refractivity contribution in [2.75, 3.05) is 24.6 Å². The van der Waals surface area contributed by atoms with Crippen LogP contribution in [0.25, 0.3) is 34.1 Å². The number of carbonyl (C=O) groups excluding carboxylic acids is 1. The van der Waals surface area contributed by atoms with Crippen LogP contribution in [-0.2, 0) is 9.53 Å². The Morgan fingerprint density at radius 1 is 0.969 bits per heavy atom. The predicted octanol–water partition coefficient (Wildman–Crippen LogP) is 4.73. The minimum atomic E-state index is -0.115. The number of benzene rings is 2. The number of nitrogens with zero attached hydrogens (tertiary/aromatic N) is 4. The Hall–Kier alpha value is -3.74. The molecule has 2 aromatic heterocycles. The van der Waals surface area contributed by atoms with Gasteiger partial charge < -0.3 is 14.1 Å². The summed E-state index contributed by atoms with van der Waals surface area (Å²) in [7, 11) is 0. The van der Waals surface area contributed by atoms with E-state index in [0.717, 1.165) is 11.1 Å². The second-order valence-electron chi connectivity index (χ2n) is 7.79. The van der Waals surface area contributed by atoms with Gasteiger partial charge in [-0.05, 0) is 31.9 Å². The van der Waals surface area contributed by atoms with E-state index >= 15 is 0 Å². The fourth-order valence-electron chi connectivity index (χ4n) is 4.03. The molecule has 4 aromatic rings. The molecule has 0 N–H and O–H groups in total. The molecule has 2 aromatic carbocycles. The summed E-state index contributed by atoms with van der Waals surface area (Å²) in [6.45, 7) is 3.62. The lowest BCUT2D eigenvalue weighted by Gasteiger charge is -2.31. The van der Waals surface area contributed by atoms with Gasteiger partial charge in [-0.3, -0.25) is 4.79 Å². The van der Waals surface area contributed by atoms with Crippen LogP contribution in [0.15, 0.2) is 65.1 Å². The third-order valence-electron chi connectivity index (χ3n) is 5.70. The number of fused-ring (bicyclic) bond motifs is 1. The average molecular weight is 428 g/mol. The van der Waals surface area contributed by atoms with Gasteiger partial charge in [0.1, 0.15) is 0 Å². The van der Waals surface area contributed by atoms with E-state index in [9.17, 15) is 4.79 Å². The summed E-state index contributed by atoms with van der Waals surface area (Å²) in [6, 6.07) is 19.6. The van der Waals surface area contributed by atoms with E-state index in [0.29, 0.717) is 61.3 Å². The zero-order valence-corrected chi connectivity index (χ0v) is 17.9. The van der Waals surface area contributed by atoms with Gasteiger partial charge in [0.25, 0.3) is 0 Å². The first-order valence-corrected chi connectivity index (χ1v) is 10.9. The first-order valence-electron chi connectivity index (χ1n) is 10.9. The summed E-state index contributed by atoms with van der Waals surface area (Å²) in [5.74, 6) is 1.64. The van der Waals surface area contributed by atoms with Gasteiger partial charge in [0.2, 0.25) is 17.1 Å². The first kappa shape index (κ1) is 20.2. The Kier molecular flexibility index (Phi) is 5.54. The van der Waals surface area contributed by atoms with Crippen LogP contribution in [0.5, 0.6) is 0 Å². The van der Waals surface area contributed by atoms with Gasteiger partial charge in [0.15, 0.2) is 11.6 Å². The van der Waals surface area contributed by atoms with Crippen molar-refractivity contribution in [3.8, 4) is 22.8 Å². The molecule has 1 aliphatic heterocycles. The highest BCUT2D eigenvalue weighted by molar-refractivity contribution is 5.85. The largest absolute Gasteiger partial charge is 0.466 e. The highest BCUT2D eigenvalue weighted by Crippen LogP contribution is 2.33. The smallest absolute Gasteiger partial charge is 0.309 e. The summed E-state index contributed by atoms with van der Waals surface area (Å²) >= 11 is 0. The maximum absolute atomic E-state index is 12.2. The van der Waals surface area contributed by atoms with E-state index in [2.05, 4.69) is 9.88 Å². The van der Waals surface area contributed by atoms with Crippen molar-refractivity contribution in [2.24, 2.45) is 5.92 Å². The summed E-state index contributed by atoms with van der Waals surface area (Å²) in [6.07, 6.45) is 1.43. The topological polar surface area (TPSA) is 81.4 Å². The van der Waals surface area contributed by atoms with Gasteiger partial charge >= 0.3 is 5.97 Å². The molecule has 0 amide bonds. The molecule has 162 valence electrons. The van der Waals surface area contributed by atoms with Gasteiger partial charge in [-0.2, -0.15) is 4.98 Å². The fraction of sp³-hybridized carbons (Fsp3) is 0.280. The highest BCUT2D eigenvalue weighted by Gasteiger charge is 2.29. The molecule has 0 aliphatic carbocycles. The molecular formula is C25H24N4O3. The van der Waals surface area contributed by atoms with E-state index in [1.54, 1.807) is 0 Å². The molecule has 0 atom stereocenters. The number of carbonyl (C=O) groups is 1. The first-order chi connectivity index (χ1) is 15.7. The van der Waals surface area contributed by atoms with Gasteiger partial charge in [-0.1, -0.05) is 48.5 Å². The standard InChI is InChI=1S/C25H24N4O3/c1-2-31-25(30)19-13-15-29(16-14-19)23-20-22(26-21(27-23)17-9-5-3-6-10-17)28-24(32-20)18-11-7-4-8-12-18/h3-12,19H,2,13-16H2,1H3. The molecule has 32 heavy (non-hydrogen) atoms. The lowest BCUT2D eigenvalue weighted by molar-refractivity contribution is -0.148. The summed E-state index contributed by atoms with van der Waals surface area (Å²) in [5, 5.41) is 0. The Labute approximate surface area is 186 Å². The second kappa shape index (κ2) is 8.78. The summed E-state index contributed by atoms with van der Waals surface area (Å²) < 4.78 is 11.4. The van der Waals surface area contributed by atoms with E-state index in [1.165, 1.54) is 0 Å². The van der Waals surface area contributed by atoms with Gasteiger partial charge in [0.05, 0.1) is 12.5 Å². The van der Waals surface area contributed by atoms with E-state index < -0.39 is 0 Å². The van der Waals surface area contributed by atoms with Crippen LogP contribution in [-0.4, -0.2) is 40.6 Å². The molecule has 5 rings (SSSR count). The zero-order chi connectivity index (χ0) is 21.9. The molecule has 0 unspecified atom stereocenters. The molecule has 7 heteroatoms. The van der Waals surface area contributed by atoms with E-state index in [4.69, 9.17) is 19.1 Å². The summed E-state index contributed by atoms with van der Waals surface area (Å²) in [4.78, 5) is 28.6. The van der Waals surface area contributed by atoms with Crippen LogP contribution in [0.2, 0.25) is 0 Å². The van der Waals surface area contributed by atoms with Crippen molar-refractivity contribution in [2.45, 2.75) is 19.8 Å². The van der Waals surface area contributed by atoms with Crippen molar-refractivity contribution < 1.29 is 13.9 Å². The van der Waals surface area contributed by atoms with Crippen LogP contribution in [0.3, 0.4) is 0 Å². The van der Waals surface area contributed by atoms with Crippen molar-refractivity contribution in [3.63, 3.8) is 0 Å². The third-order valence-corrected chi connectivity index (χ3v) is 5.70. The van der Waals surface area contributed by atoms with Crippen molar-refractivity contribution >= 4 is 23.0 Å². The van der Waals surface area contributed by atoms with E-state index in [-0.39, 0.29) is 11.9 Å². The lowest BCUT2D eigenvalue weighted by atomic mass is 9.97. The number of piperidine rings is 1. The maximum atomic E-state index is 12.2. The van der Waals surface area contributed by atoms with Crippen LogP contribution in [0, 0.1) is 5.92 Å². The van der Waals surface area contributed by atoms with Gasteiger partial charge in [0, 0.05) is 24.2 Å². The molecule has 0 saturated carbocycles. The Morgan fingerprint density at radius 2 is 1.62 bits per heavy atom.